The molecule has 0 saturated carbocycles. The number of carbonyl (C=O) groups excluding carboxylic acids is 2. The summed E-state index contributed by atoms with van der Waals surface area (Å²) in [5.41, 5.74) is 0. The Morgan fingerprint density at radius 3 is 2.41 bits per heavy atom. The molecule has 98 valence electrons. The first-order valence-electron chi connectivity index (χ1n) is 6.22. The maximum absolute atomic E-state index is 11.1. The number of unbranched alkanes of at least 4 members (excludes halogenated alkanes) is 2. The normalized spacial score (nSPS) is 11.2. The van der Waals surface area contributed by atoms with Crippen LogP contribution in [-0.2, 0) is 18.8 Å². The van der Waals surface area contributed by atoms with E-state index in [9.17, 15) is 9.59 Å². The van der Waals surface area contributed by atoms with Crippen LogP contribution in [0.25, 0.3) is 0 Å². The molecule has 0 aliphatic rings. The molecule has 0 aromatic carbocycles. The molecule has 5 heteroatoms. The van der Waals surface area contributed by atoms with E-state index in [1.165, 1.54) is 0 Å². The lowest BCUT2D eigenvalue weighted by molar-refractivity contribution is -0.138. The van der Waals surface area contributed by atoms with Crippen molar-refractivity contribution in [3.05, 3.63) is 12.2 Å². The molecule has 0 amide bonds. The Hall–Kier alpha value is -1.10. The van der Waals surface area contributed by atoms with Gasteiger partial charge in [-0.25, -0.2) is 9.59 Å². The van der Waals surface area contributed by atoms with E-state index in [0.29, 0.717) is 6.61 Å². The molecule has 0 aromatic heterocycles. The van der Waals surface area contributed by atoms with Gasteiger partial charge in [-0.05, 0) is 12.5 Å². The minimum absolute atomic E-state index is 0.413. The third-order valence-corrected chi connectivity index (χ3v) is 3.57. The van der Waals surface area contributed by atoms with E-state index in [1.54, 1.807) is 0 Å². The first-order valence-corrected chi connectivity index (χ1v) is 7.80. The molecular weight excluding hydrogens is 236 g/mol. The lowest BCUT2D eigenvalue weighted by Crippen LogP contribution is -2.07. The van der Waals surface area contributed by atoms with E-state index < -0.39 is 21.7 Å². The summed E-state index contributed by atoms with van der Waals surface area (Å²) >= 11 is 0. The zero-order valence-corrected chi connectivity index (χ0v) is 12.2. The van der Waals surface area contributed by atoms with E-state index in [4.69, 9.17) is 9.16 Å². The number of hydrogen-bond acceptors (Lipinski definition) is 4. The van der Waals surface area contributed by atoms with Crippen molar-refractivity contribution in [3.63, 3.8) is 0 Å². The molecule has 0 rings (SSSR count). The minimum atomic E-state index is -0.757. The van der Waals surface area contributed by atoms with E-state index >= 15 is 0 Å². The Morgan fingerprint density at radius 2 is 1.76 bits per heavy atom. The van der Waals surface area contributed by atoms with E-state index in [0.717, 1.165) is 43.9 Å². The van der Waals surface area contributed by atoms with E-state index in [1.807, 2.05) is 6.92 Å². The number of rotatable bonds is 9. The lowest BCUT2D eigenvalue weighted by Gasteiger charge is -2.01. The van der Waals surface area contributed by atoms with Crippen molar-refractivity contribution in [1.29, 1.82) is 0 Å². The van der Waals surface area contributed by atoms with Crippen LogP contribution >= 0.6 is 0 Å². The Morgan fingerprint density at radius 1 is 1.06 bits per heavy atom. The summed E-state index contributed by atoms with van der Waals surface area (Å²) in [6.07, 6.45) is 6.30. The second-order valence-corrected chi connectivity index (χ2v) is 5.13. The van der Waals surface area contributed by atoms with Crippen LogP contribution in [0.3, 0.4) is 0 Å². The summed E-state index contributed by atoms with van der Waals surface area (Å²) in [5, 5.41) is 0. The molecule has 0 atom stereocenters. The Labute approximate surface area is 105 Å². The second-order valence-electron chi connectivity index (χ2n) is 3.73. The summed E-state index contributed by atoms with van der Waals surface area (Å²) in [5.74, 6) is -0.911. The van der Waals surface area contributed by atoms with Gasteiger partial charge < -0.3 is 9.16 Å². The number of carbonyl (C=O) groups is 2. The molecule has 4 nitrogen and oxygen atoms in total. The number of ether oxygens (including phenoxy) is 1. The first kappa shape index (κ1) is 15.9. The molecule has 17 heavy (non-hydrogen) atoms. The Balaban J connectivity index is 3.60. The molecule has 0 unspecified atom stereocenters. The van der Waals surface area contributed by atoms with Crippen molar-refractivity contribution in [2.45, 2.75) is 45.6 Å². The van der Waals surface area contributed by atoms with Crippen LogP contribution < -0.4 is 0 Å². The summed E-state index contributed by atoms with van der Waals surface area (Å²) in [6, 6.07) is 0.973. The van der Waals surface area contributed by atoms with Crippen LogP contribution in [0.15, 0.2) is 12.2 Å². The minimum Gasteiger partial charge on any atom is -0.522 e. The fraction of sp³-hybridized carbons (Fsp3) is 0.667. The molecule has 0 spiro atoms. The summed E-state index contributed by atoms with van der Waals surface area (Å²) in [7, 11) is -0.757. The van der Waals surface area contributed by atoms with Crippen LogP contribution in [0.4, 0.5) is 0 Å². The van der Waals surface area contributed by atoms with Crippen LogP contribution in [-0.4, -0.2) is 28.3 Å². The van der Waals surface area contributed by atoms with Gasteiger partial charge in [0, 0.05) is 12.2 Å². The van der Waals surface area contributed by atoms with Crippen molar-refractivity contribution in [2.24, 2.45) is 0 Å². The second kappa shape index (κ2) is 11.4. The third kappa shape index (κ3) is 11.2. The van der Waals surface area contributed by atoms with Gasteiger partial charge in [-0.3, -0.25) is 0 Å². The smallest absolute Gasteiger partial charge is 0.331 e. The van der Waals surface area contributed by atoms with Gasteiger partial charge in [0.25, 0.3) is 0 Å². The van der Waals surface area contributed by atoms with E-state index in [-0.39, 0.29) is 0 Å². The van der Waals surface area contributed by atoms with Crippen LogP contribution in [0.2, 0.25) is 6.04 Å². The van der Waals surface area contributed by atoms with Crippen molar-refractivity contribution in [2.75, 3.05) is 6.61 Å². The molecule has 0 heterocycles. The monoisotopic (exact) mass is 258 g/mol. The summed E-state index contributed by atoms with van der Waals surface area (Å²) < 4.78 is 9.88. The fourth-order valence-electron chi connectivity index (χ4n) is 1.07. The van der Waals surface area contributed by atoms with Gasteiger partial charge in [0.05, 0.1) is 6.61 Å². The molecule has 0 aromatic rings. The topological polar surface area (TPSA) is 52.6 Å². The molecular formula is C12H22O4Si. The predicted molar refractivity (Wildman–Crippen MR) is 69.4 cm³/mol. The van der Waals surface area contributed by atoms with Gasteiger partial charge in [-0.15, -0.1) is 0 Å². The third-order valence-electron chi connectivity index (χ3n) is 2.09. The number of esters is 1. The summed E-state index contributed by atoms with van der Waals surface area (Å²) in [6.45, 7) is 4.54. The van der Waals surface area contributed by atoms with Crippen LogP contribution in [0.1, 0.15) is 39.5 Å². The predicted octanol–water partition coefficient (Wildman–Crippen LogP) is 1.73. The van der Waals surface area contributed by atoms with Gasteiger partial charge in [-0.2, -0.15) is 0 Å². The molecule has 0 radical (unpaired) electrons. The van der Waals surface area contributed by atoms with Crippen LogP contribution in [0, 0.1) is 0 Å². The quantitative estimate of drug-likeness (QED) is 0.273. The highest BCUT2D eigenvalue weighted by Crippen LogP contribution is 1.95. The molecule has 0 bridgehead atoms. The average Bonchev–Trinajstić information content (AvgIpc) is 2.32. The molecule has 0 N–H and O–H groups in total. The summed E-state index contributed by atoms with van der Waals surface area (Å²) in [4.78, 5) is 22.3. The highest BCUT2D eigenvalue weighted by atomic mass is 28.2. The zero-order chi connectivity index (χ0) is 12.9. The highest BCUT2D eigenvalue weighted by molar-refractivity contribution is 6.31. The standard InChI is InChI=1S/C12H22O4Si/c1-3-5-6-9-15-11(13)7-8-12(14)16-17-10-4-2/h7-8H,3-6,9-10,17H2,1-2H3/b8-7-. The van der Waals surface area contributed by atoms with E-state index in [2.05, 4.69) is 6.92 Å². The first-order chi connectivity index (χ1) is 8.20. The van der Waals surface area contributed by atoms with Gasteiger partial charge in [-0.1, -0.05) is 33.1 Å². The zero-order valence-electron chi connectivity index (χ0n) is 10.7. The fourth-order valence-corrected chi connectivity index (χ4v) is 1.80. The van der Waals surface area contributed by atoms with Gasteiger partial charge in [0.15, 0.2) is 0 Å². The Bertz CT molecular complexity index is 251. The van der Waals surface area contributed by atoms with Crippen molar-refractivity contribution in [1.82, 2.24) is 0 Å². The van der Waals surface area contributed by atoms with Crippen molar-refractivity contribution >= 4 is 21.7 Å². The number of hydrogen-bond donors (Lipinski definition) is 0. The van der Waals surface area contributed by atoms with Crippen molar-refractivity contribution < 1.29 is 18.8 Å². The maximum Gasteiger partial charge on any atom is 0.331 e. The van der Waals surface area contributed by atoms with Gasteiger partial charge >= 0.3 is 11.9 Å². The largest absolute Gasteiger partial charge is 0.522 e. The Kier molecular flexibility index (Phi) is 10.6. The lowest BCUT2D eigenvalue weighted by atomic mass is 10.3. The SMILES string of the molecule is CCCCCOC(=O)/C=C\C(=O)O[SiH2]CCC. The van der Waals surface area contributed by atoms with Crippen LogP contribution in [0.5, 0.6) is 0 Å². The molecule has 0 saturated heterocycles. The van der Waals surface area contributed by atoms with Gasteiger partial charge in [0.1, 0.15) is 0 Å². The van der Waals surface area contributed by atoms with Crippen molar-refractivity contribution in [3.8, 4) is 0 Å². The van der Waals surface area contributed by atoms with Gasteiger partial charge in [0.2, 0.25) is 9.76 Å². The maximum atomic E-state index is 11.1. The average molecular weight is 258 g/mol. The molecule has 0 aliphatic carbocycles. The highest BCUT2D eigenvalue weighted by Gasteiger charge is 2.00. The molecule has 0 aliphatic heterocycles. The molecule has 0 fully saturated rings.